The van der Waals surface area contributed by atoms with Crippen LogP contribution in [0.25, 0.3) is 0 Å². The van der Waals surface area contributed by atoms with E-state index in [4.69, 9.17) is 21.4 Å². The second-order valence-electron chi connectivity index (χ2n) is 4.45. The lowest BCUT2D eigenvalue weighted by Crippen LogP contribution is -2.13. The number of ether oxygens (including phenoxy) is 1. The van der Waals surface area contributed by atoms with Crippen LogP contribution in [-0.2, 0) is 0 Å². The largest absolute Gasteiger partial charge is 0.492 e. The molecule has 5 nitrogen and oxygen atoms in total. The van der Waals surface area contributed by atoms with E-state index in [0.29, 0.717) is 19.0 Å². The molecule has 1 aromatic carbocycles. The Bertz CT molecular complexity index is 647. The SMILES string of the molecule is Cc1cccc(OCCNc2cc(C(=O)O)c(Cl)cn2)c1. The molecule has 6 heteroatoms. The van der Waals surface area contributed by atoms with Gasteiger partial charge in [-0.2, -0.15) is 0 Å². The van der Waals surface area contributed by atoms with Crippen molar-refractivity contribution in [2.75, 3.05) is 18.5 Å². The first-order valence-corrected chi connectivity index (χ1v) is 6.76. The van der Waals surface area contributed by atoms with Crippen LogP contribution in [0.4, 0.5) is 5.82 Å². The van der Waals surface area contributed by atoms with E-state index >= 15 is 0 Å². The molecule has 0 spiro atoms. The molecule has 0 aliphatic heterocycles. The van der Waals surface area contributed by atoms with Gasteiger partial charge in [0, 0.05) is 6.20 Å². The van der Waals surface area contributed by atoms with E-state index in [1.54, 1.807) is 0 Å². The minimum Gasteiger partial charge on any atom is -0.492 e. The van der Waals surface area contributed by atoms with Crippen molar-refractivity contribution in [3.05, 3.63) is 52.7 Å². The molecule has 0 saturated carbocycles. The fraction of sp³-hybridized carbons (Fsp3) is 0.200. The molecule has 0 bridgehead atoms. The Morgan fingerprint density at radius 1 is 1.43 bits per heavy atom. The van der Waals surface area contributed by atoms with Gasteiger partial charge in [-0.15, -0.1) is 0 Å². The van der Waals surface area contributed by atoms with Crippen molar-refractivity contribution in [3.8, 4) is 5.75 Å². The number of hydrogen-bond donors (Lipinski definition) is 2. The molecule has 0 aliphatic rings. The number of benzene rings is 1. The predicted octanol–water partition coefficient (Wildman–Crippen LogP) is 3.23. The Kier molecular flexibility index (Phi) is 5.00. The third kappa shape index (κ3) is 4.36. The predicted molar refractivity (Wildman–Crippen MR) is 81.4 cm³/mol. The van der Waals surface area contributed by atoms with Crippen LogP contribution in [0.3, 0.4) is 0 Å². The molecule has 0 aliphatic carbocycles. The maximum Gasteiger partial charge on any atom is 0.337 e. The average molecular weight is 307 g/mol. The summed E-state index contributed by atoms with van der Waals surface area (Å²) in [5.74, 6) is 0.165. The first-order valence-electron chi connectivity index (χ1n) is 6.38. The highest BCUT2D eigenvalue weighted by Gasteiger charge is 2.10. The number of nitrogens with one attached hydrogen (secondary N) is 1. The zero-order chi connectivity index (χ0) is 15.2. The van der Waals surface area contributed by atoms with Gasteiger partial charge in [-0.05, 0) is 30.7 Å². The van der Waals surface area contributed by atoms with Crippen molar-refractivity contribution in [3.63, 3.8) is 0 Å². The van der Waals surface area contributed by atoms with Crippen molar-refractivity contribution in [1.29, 1.82) is 0 Å². The number of hydrogen-bond acceptors (Lipinski definition) is 4. The molecule has 0 unspecified atom stereocenters. The lowest BCUT2D eigenvalue weighted by Gasteiger charge is -2.09. The molecular formula is C15H15ClN2O3. The van der Waals surface area contributed by atoms with Crippen molar-refractivity contribution in [2.24, 2.45) is 0 Å². The van der Waals surface area contributed by atoms with Gasteiger partial charge in [0.15, 0.2) is 0 Å². The number of anilines is 1. The molecule has 21 heavy (non-hydrogen) atoms. The van der Waals surface area contributed by atoms with E-state index in [2.05, 4.69) is 10.3 Å². The molecule has 2 aromatic rings. The van der Waals surface area contributed by atoms with E-state index in [9.17, 15) is 4.79 Å². The molecule has 0 atom stereocenters. The number of carboxylic acids is 1. The molecular weight excluding hydrogens is 292 g/mol. The standard InChI is InChI=1S/C15H15ClN2O3/c1-10-3-2-4-11(7-10)21-6-5-17-14-8-12(15(19)20)13(16)9-18-14/h2-4,7-9H,5-6H2,1H3,(H,17,18)(H,19,20). The molecule has 0 saturated heterocycles. The van der Waals surface area contributed by atoms with Gasteiger partial charge in [0.1, 0.15) is 18.2 Å². The molecule has 1 heterocycles. The van der Waals surface area contributed by atoms with Gasteiger partial charge in [0.25, 0.3) is 0 Å². The van der Waals surface area contributed by atoms with E-state index in [-0.39, 0.29) is 10.6 Å². The number of aromatic carboxylic acids is 1. The third-order valence-electron chi connectivity index (χ3n) is 2.75. The van der Waals surface area contributed by atoms with Crippen molar-refractivity contribution in [2.45, 2.75) is 6.92 Å². The van der Waals surface area contributed by atoms with Gasteiger partial charge < -0.3 is 15.2 Å². The van der Waals surface area contributed by atoms with Crippen molar-refractivity contribution in [1.82, 2.24) is 4.98 Å². The van der Waals surface area contributed by atoms with Gasteiger partial charge >= 0.3 is 5.97 Å². The smallest absolute Gasteiger partial charge is 0.337 e. The highest BCUT2D eigenvalue weighted by molar-refractivity contribution is 6.33. The average Bonchev–Trinajstić information content (AvgIpc) is 2.45. The Hall–Kier alpha value is -2.27. The molecule has 0 radical (unpaired) electrons. The summed E-state index contributed by atoms with van der Waals surface area (Å²) in [4.78, 5) is 15.0. The normalized spacial score (nSPS) is 10.2. The molecule has 110 valence electrons. The van der Waals surface area contributed by atoms with Crippen molar-refractivity contribution < 1.29 is 14.6 Å². The summed E-state index contributed by atoms with van der Waals surface area (Å²) in [6.45, 7) is 2.94. The highest BCUT2D eigenvalue weighted by atomic mass is 35.5. The van der Waals surface area contributed by atoms with E-state index in [1.165, 1.54) is 12.3 Å². The van der Waals surface area contributed by atoms with Crippen LogP contribution in [0.5, 0.6) is 5.75 Å². The highest BCUT2D eigenvalue weighted by Crippen LogP contribution is 2.18. The van der Waals surface area contributed by atoms with Crippen LogP contribution in [0.15, 0.2) is 36.5 Å². The number of aryl methyl sites for hydroxylation is 1. The molecule has 2 N–H and O–H groups in total. The number of carboxylic acid groups (broad SMARTS) is 1. The number of rotatable bonds is 6. The van der Waals surface area contributed by atoms with E-state index < -0.39 is 5.97 Å². The lowest BCUT2D eigenvalue weighted by atomic mass is 10.2. The minimum absolute atomic E-state index is 0.0220. The van der Waals surface area contributed by atoms with Gasteiger partial charge in [-0.1, -0.05) is 23.7 Å². The fourth-order valence-corrected chi connectivity index (χ4v) is 1.94. The van der Waals surface area contributed by atoms with Crippen LogP contribution < -0.4 is 10.1 Å². The fourth-order valence-electron chi connectivity index (χ4n) is 1.75. The Morgan fingerprint density at radius 2 is 2.24 bits per heavy atom. The van der Waals surface area contributed by atoms with Gasteiger partial charge in [-0.25, -0.2) is 9.78 Å². The summed E-state index contributed by atoms with van der Waals surface area (Å²) in [6.07, 6.45) is 1.31. The Morgan fingerprint density at radius 3 is 2.95 bits per heavy atom. The topological polar surface area (TPSA) is 71.5 Å². The summed E-state index contributed by atoms with van der Waals surface area (Å²) in [7, 11) is 0. The second-order valence-corrected chi connectivity index (χ2v) is 4.85. The number of halogens is 1. The second kappa shape index (κ2) is 6.95. The van der Waals surface area contributed by atoms with Crippen LogP contribution in [0, 0.1) is 6.92 Å². The summed E-state index contributed by atoms with van der Waals surface area (Å²) in [5.41, 5.74) is 1.15. The van der Waals surface area contributed by atoms with Gasteiger partial charge in [0.2, 0.25) is 0 Å². The van der Waals surface area contributed by atoms with Gasteiger partial charge in [-0.3, -0.25) is 0 Å². The van der Waals surface area contributed by atoms with Crippen LogP contribution in [-0.4, -0.2) is 29.2 Å². The number of pyridine rings is 1. The summed E-state index contributed by atoms with van der Waals surface area (Å²) in [6, 6.07) is 9.16. The van der Waals surface area contributed by atoms with Crippen LogP contribution in [0.1, 0.15) is 15.9 Å². The summed E-state index contributed by atoms with van der Waals surface area (Å²) in [5, 5.41) is 12.1. The lowest BCUT2D eigenvalue weighted by molar-refractivity contribution is 0.0697. The first kappa shape index (κ1) is 15.1. The van der Waals surface area contributed by atoms with Crippen LogP contribution >= 0.6 is 11.6 Å². The van der Waals surface area contributed by atoms with E-state index in [0.717, 1.165) is 11.3 Å². The third-order valence-corrected chi connectivity index (χ3v) is 3.05. The number of carbonyl (C=O) groups is 1. The molecule has 0 fully saturated rings. The van der Waals surface area contributed by atoms with Crippen LogP contribution in [0.2, 0.25) is 5.02 Å². The zero-order valence-electron chi connectivity index (χ0n) is 11.5. The first-order chi connectivity index (χ1) is 10.1. The summed E-state index contributed by atoms with van der Waals surface area (Å²) >= 11 is 5.75. The Labute approximate surface area is 127 Å². The minimum atomic E-state index is -1.08. The molecule has 0 amide bonds. The number of aromatic nitrogens is 1. The van der Waals surface area contributed by atoms with Crippen molar-refractivity contribution >= 4 is 23.4 Å². The molecule has 1 aromatic heterocycles. The zero-order valence-corrected chi connectivity index (χ0v) is 12.2. The van der Waals surface area contributed by atoms with Gasteiger partial charge in [0.05, 0.1) is 17.1 Å². The molecule has 2 rings (SSSR count). The van der Waals surface area contributed by atoms with E-state index in [1.807, 2.05) is 31.2 Å². The maximum absolute atomic E-state index is 11.0. The Balaban J connectivity index is 1.86. The summed E-state index contributed by atoms with van der Waals surface area (Å²) < 4.78 is 5.58. The quantitative estimate of drug-likeness (QED) is 0.802. The monoisotopic (exact) mass is 306 g/mol. The maximum atomic E-state index is 11.0. The number of nitrogens with zero attached hydrogens (tertiary/aromatic N) is 1.